The van der Waals surface area contributed by atoms with Crippen LogP contribution >= 0.6 is 11.6 Å². The number of nitrogens with zero attached hydrogens (tertiary/aromatic N) is 3. The second-order valence-corrected chi connectivity index (χ2v) is 6.44. The van der Waals surface area contributed by atoms with Crippen molar-refractivity contribution in [2.24, 2.45) is 0 Å². The van der Waals surface area contributed by atoms with E-state index in [4.69, 9.17) is 16.3 Å². The molecule has 2 rings (SSSR count). The minimum absolute atomic E-state index is 0.163. The van der Waals surface area contributed by atoms with Gasteiger partial charge in [0, 0.05) is 25.3 Å². The molecule has 1 aliphatic heterocycles. The molecule has 7 heteroatoms. The van der Waals surface area contributed by atoms with Crippen molar-refractivity contribution >= 4 is 23.6 Å². The Hall–Kier alpha value is -1.56. The number of anilines is 1. The number of carbonyl (C=O) groups excluding carboxylic acids is 1. The molecule has 0 bridgehead atoms. The molecule has 0 aliphatic carbocycles. The average Bonchev–Trinajstić information content (AvgIpc) is 2.82. The molecule has 1 fully saturated rings. The van der Waals surface area contributed by atoms with Crippen LogP contribution in [0.2, 0.25) is 5.15 Å². The molecule has 2 heterocycles. The summed E-state index contributed by atoms with van der Waals surface area (Å²) in [6, 6.07) is 1.81. The molecule has 0 radical (unpaired) electrons. The number of alkyl carbamates (subject to hydrolysis) is 1. The molecule has 1 aromatic heterocycles. The second-order valence-electron chi connectivity index (χ2n) is 6.05. The Morgan fingerprint density at radius 2 is 2.33 bits per heavy atom. The molecular weight excluding hydrogens is 292 g/mol. The molecule has 1 aliphatic rings. The topological polar surface area (TPSA) is 67.3 Å². The molecule has 1 N–H and O–H groups in total. The molecule has 1 saturated heterocycles. The third kappa shape index (κ3) is 4.74. The van der Waals surface area contributed by atoms with Crippen LogP contribution in [0, 0.1) is 0 Å². The Bertz CT molecular complexity index is 504. The van der Waals surface area contributed by atoms with Crippen molar-refractivity contribution in [3.63, 3.8) is 0 Å². The summed E-state index contributed by atoms with van der Waals surface area (Å²) in [6.07, 6.45) is 3.25. The molecule has 116 valence electrons. The number of ether oxygens (including phenoxy) is 1. The zero-order valence-corrected chi connectivity index (χ0v) is 13.4. The highest BCUT2D eigenvalue weighted by Crippen LogP contribution is 2.22. The van der Waals surface area contributed by atoms with Gasteiger partial charge in [0.05, 0.1) is 0 Å². The first-order valence-electron chi connectivity index (χ1n) is 7.07. The first-order valence-corrected chi connectivity index (χ1v) is 7.45. The number of rotatable bonds is 3. The van der Waals surface area contributed by atoms with Crippen LogP contribution < -0.4 is 10.2 Å². The van der Waals surface area contributed by atoms with Crippen molar-refractivity contribution in [2.45, 2.75) is 45.3 Å². The number of hydrogen-bond donors (Lipinski definition) is 1. The van der Waals surface area contributed by atoms with Gasteiger partial charge in [0.25, 0.3) is 0 Å². The van der Waals surface area contributed by atoms with E-state index in [1.54, 1.807) is 12.3 Å². The highest BCUT2D eigenvalue weighted by molar-refractivity contribution is 6.29. The predicted octanol–water partition coefficient (Wildman–Crippen LogP) is 2.62. The van der Waals surface area contributed by atoms with E-state index >= 15 is 0 Å². The quantitative estimate of drug-likeness (QED) is 0.869. The average molecular weight is 313 g/mol. The van der Waals surface area contributed by atoms with Gasteiger partial charge in [-0.15, -0.1) is 0 Å². The summed E-state index contributed by atoms with van der Waals surface area (Å²) in [5.41, 5.74) is -0.491. The fourth-order valence-corrected chi connectivity index (χ4v) is 2.42. The van der Waals surface area contributed by atoms with Crippen molar-refractivity contribution < 1.29 is 9.53 Å². The summed E-state index contributed by atoms with van der Waals surface area (Å²) in [5.74, 6) is 0.607. The molecule has 0 aromatic carbocycles. The summed E-state index contributed by atoms with van der Waals surface area (Å²) < 4.78 is 5.24. The molecule has 1 atom stereocenters. The number of hydrogen-bond acceptors (Lipinski definition) is 5. The maximum Gasteiger partial charge on any atom is 0.407 e. The number of nitrogens with one attached hydrogen (secondary N) is 1. The van der Waals surface area contributed by atoms with Gasteiger partial charge in [-0.3, -0.25) is 0 Å². The van der Waals surface area contributed by atoms with Gasteiger partial charge in [-0.2, -0.15) is 0 Å². The monoisotopic (exact) mass is 312 g/mol. The zero-order valence-electron chi connectivity index (χ0n) is 12.6. The predicted molar refractivity (Wildman–Crippen MR) is 81.6 cm³/mol. The second kappa shape index (κ2) is 6.47. The fourth-order valence-electron chi connectivity index (χ4n) is 2.29. The Balaban J connectivity index is 1.92. The largest absolute Gasteiger partial charge is 0.444 e. The van der Waals surface area contributed by atoms with Gasteiger partial charge in [0.15, 0.2) is 0 Å². The summed E-state index contributed by atoms with van der Waals surface area (Å²) in [4.78, 5) is 22.3. The van der Waals surface area contributed by atoms with Crippen LogP contribution in [-0.2, 0) is 4.74 Å². The van der Waals surface area contributed by atoms with E-state index in [0.29, 0.717) is 17.6 Å². The van der Waals surface area contributed by atoms with Crippen molar-refractivity contribution in [1.29, 1.82) is 0 Å². The van der Waals surface area contributed by atoms with Gasteiger partial charge >= 0.3 is 6.09 Å². The van der Waals surface area contributed by atoms with E-state index in [2.05, 4.69) is 20.2 Å². The Labute approximate surface area is 129 Å². The number of aromatic nitrogens is 2. The van der Waals surface area contributed by atoms with E-state index in [1.807, 2.05) is 20.8 Å². The van der Waals surface area contributed by atoms with Crippen LogP contribution in [0.3, 0.4) is 0 Å². The van der Waals surface area contributed by atoms with Crippen LogP contribution in [0.4, 0.5) is 10.7 Å². The number of carbonyl (C=O) groups is 1. The summed E-state index contributed by atoms with van der Waals surface area (Å²) >= 11 is 5.90. The lowest BCUT2D eigenvalue weighted by molar-refractivity contribution is 0.0525. The van der Waals surface area contributed by atoms with Gasteiger partial charge < -0.3 is 15.0 Å². The molecule has 6 nitrogen and oxygen atoms in total. The van der Waals surface area contributed by atoms with Gasteiger partial charge in [-0.05, 0) is 39.7 Å². The van der Waals surface area contributed by atoms with E-state index in [1.165, 1.54) is 0 Å². The molecule has 0 saturated carbocycles. The minimum Gasteiger partial charge on any atom is -0.444 e. The first kappa shape index (κ1) is 15.8. The summed E-state index contributed by atoms with van der Waals surface area (Å²) in [5, 5.41) is 3.23. The maximum atomic E-state index is 11.7. The summed E-state index contributed by atoms with van der Waals surface area (Å²) in [7, 11) is 0. The molecule has 21 heavy (non-hydrogen) atoms. The first-order chi connectivity index (χ1) is 9.85. The lowest BCUT2D eigenvalue weighted by Crippen LogP contribution is -2.42. The third-order valence-electron chi connectivity index (χ3n) is 3.12. The molecule has 0 unspecified atom stereocenters. The number of halogens is 1. The Kier molecular flexibility index (Phi) is 4.88. The lowest BCUT2D eigenvalue weighted by Gasteiger charge is -2.26. The van der Waals surface area contributed by atoms with Crippen molar-refractivity contribution in [3.8, 4) is 0 Å². The smallest absolute Gasteiger partial charge is 0.407 e. The summed E-state index contributed by atoms with van der Waals surface area (Å²) in [6.45, 7) is 6.89. The maximum absolute atomic E-state index is 11.7. The van der Waals surface area contributed by atoms with Gasteiger partial charge in [0.2, 0.25) is 5.95 Å². The Morgan fingerprint density at radius 3 is 3.00 bits per heavy atom. The number of amides is 1. The minimum atomic E-state index is -0.491. The normalized spacial score (nSPS) is 18.7. The lowest BCUT2D eigenvalue weighted by atomic mass is 10.2. The van der Waals surface area contributed by atoms with Gasteiger partial charge in [-0.25, -0.2) is 14.8 Å². The molecule has 1 aromatic rings. The van der Waals surface area contributed by atoms with Crippen LogP contribution in [-0.4, -0.2) is 40.8 Å². The molecular formula is C14H21ClN4O2. The van der Waals surface area contributed by atoms with Crippen LogP contribution in [0.5, 0.6) is 0 Å². The van der Waals surface area contributed by atoms with Crippen LogP contribution in [0.15, 0.2) is 12.3 Å². The van der Waals surface area contributed by atoms with Crippen molar-refractivity contribution in [3.05, 3.63) is 17.4 Å². The zero-order chi connectivity index (χ0) is 15.5. The van der Waals surface area contributed by atoms with Gasteiger partial charge in [0.1, 0.15) is 10.8 Å². The highest BCUT2D eigenvalue weighted by Gasteiger charge is 2.27. The fraction of sp³-hybridized carbons (Fsp3) is 0.643. The van der Waals surface area contributed by atoms with Crippen LogP contribution in [0.25, 0.3) is 0 Å². The van der Waals surface area contributed by atoms with Gasteiger partial charge in [-0.1, -0.05) is 11.6 Å². The van der Waals surface area contributed by atoms with E-state index < -0.39 is 11.7 Å². The molecule has 0 spiro atoms. The van der Waals surface area contributed by atoms with E-state index in [9.17, 15) is 4.79 Å². The van der Waals surface area contributed by atoms with Crippen molar-refractivity contribution in [1.82, 2.24) is 15.3 Å². The standard InChI is InChI=1S/C14H21ClN4O2/c1-14(2,3)21-13(20)17-9-10-5-4-8-19(10)12-16-7-6-11(15)18-12/h6-7,10H,4-5,8-9H2,1-3H3,(H,17,20)/t10-/m1/s1. The van der Waals surface area contributed by atoms with E-state index in [0.717, 1.165) is 19.4 Å². The Morgan fingerprint density at radius 1 is 1.57 bits per heavy atom. The SMILES string of the molecule is CC(C)(C)OC(=O)NC[C@H]1CCCN1c1nccc(Cl)n1. The van der Waals surface area contributed by atoms with Crippen LogP contribution in [0.1, 0.15) is 33.6 Å². The third-order valence-corrected chi connectivity index (χ3v) is 3.33. The van der Waals surface area contributed by atoms with Crippen molar-refractivity contribution in [2.75, 3.05) is 18.0 Å². The van der Waals surface area contributed by atoms with E-state index in [-0.39, 0.29) is 6.04 Å². The highest BCUT2D eigenvalue weighted by atomic mass is 35.5. The molecule has 1 amide bonds.